The molecule has 0 radical (unpaired) electrons. The number of unbranched alkanes of at least 4 members (excludes halogenated alkanes) is 2. The molecule has 168 valence electrons. The highest BCUT2D eigenvalue weighted by atomic mass is 19.4. The third kappa shape index (κ3) is 7.53. The largest absolute Gasteiger partial charge is 0.424 e. The number of nitrogens with zero attached hydrogens (tertiary/aromatic N) is 3. The van der Waals surface area contributed by atoms with Crippen LogP contribution in [0.1, 0.15) is 65.6 Å². The Kier molecular flexibility index (Phi) is 9.45. The zero-order valence-corrected chi connectivity index (χ0v) is 18.2. The molecule has 0 aliphatic carbocycles. The van der Waals surface area contributed by atoms with Crippen molar-refractivity contribution in [1.29, 1.82) is 0 Å². The number of rotatable bonds is 11. The highest BCUT2D eigenvalue weighted by Crippen LogP contribution is 2.40. The maximum absolute atomic E-state index is 13.6. The van der Waals surface area contributed by atoms with Crippen LogP contribution in [0.15, 0.2) is 17.4 Å². The van der Waals surface area contributed by atoms with Crippen LogP contribution in [0.4, 0.5) is 13.2 Å². The van der Waals surface area contributed by atoms with Crippen LogP contribution in [-0.4, -0.2) is 46.4 Å². The molecule has 0 fully saturated rings. The van der Waals surface area contributed by atoms with Crippen LogP contribution >= 0.6 is 0 Å². The first kappa shape index (κ1) is 25.3. The topological polar surface area (TPSA) is 74.5 Å². The summed E-state index contributed by atoms with van der Waals surface area (Å²) in [6.07, 6.45) is 1.70. The Bertz CT molecular complexity index is 642. The van der Waals surface area contributed by atoms with E-state index < -0.39 is 24.0 Å². The maximum atomic E-state index is 13.6. The second-order valence-corrected chi connectivity index (χ2v) is 8.21. The molecule has 1 heterocycles. The molecule has 0 bridgehead atoms. The highest BCUT2D eigenvalue weighted by molar-refractivity contribution is 5.79. The van der Waals surface area contributed by atoms with Gasteiger partial charge in [-0.1, -0.05) is 40.0 Å². The second kappa shape index (κ2) is 10.8. The molecule has 1 aromatic rings. The predicted octanol–water partition coefficient (Wildman–Crippen LogP) is 3.72. The molecule has 0 aromatic carbocycles. The summed E-state index contributed by atoms with van der Waals surface area (Å²) < 4.78 is 42.0. The highest BCUT2D eigenvalue weighted by Gasteiger charge is 2.57. The first-order chi connectivity index (χ1) is 13.5. The lowest BCUT2D eigenvalue weighted by atomic mass is 9.87. The molecule has 0 spiro atoms. The Morgan fingerprint density at radius 3 is 2.38 bits per heavy atom. The van der Waals surface area contributed by atoms with E-state index in [2.05, 4.69) is 41.4 Å². The van der Waals surface area contributed by atoms with Crippen LogP contribution in [0.2, 0.25) is 0 Å². The van der Waals surface area contributed by atoms with Crippen LogP contribution in [-0.2, 0) is 12.6 Å². The molecule has 0 amide bonds. The fourth-order valence-electron chi connectivity index (χ4n) is 3.07. The zero-order chi connectivity index (χ0) is 22.1. The van der Waals surface area contributed by atoms with Gasteiger partial charge in [0.2, 0.25) is 5.60 Å². The molecular weight excluding hydrogens is 383 g/mol. The predicted molar refractivity (Wildman–Crippen MR) is 110 cm³/mol. The van der Waals surface area contributed by atoms with Crippen molar-refractivity contribution in [2.75, 3.05) is 19.6 Å². The van der Waals surface area contributed by atoms with Crippen molar-refractivity contribution >= 4 is 5.96 Å². The number of imidazole rings is 1. The van der Waals surface area contributed by atoms with Gasteiger partial charge in [-0.15, -0.1) is 0 Å². The molecule has 6 nitrogen and oxygen atoms in total. The lowest BCUT2D eigenvalue weighted by molar-refractivity contribution is -0.272. The second-order valence-electron chi connectivity index (χ2n) is 8.21. The van der Waals surface area contributed by atoms with E-state index in [4.69, 9.17) is 0 Å². The minimum absolute atomic E-state index is 0.0111. The van der Waals surface area contributed by atoms with E-state index in [9.17, 15) is 18.3 Å². The fourth-order valence-corrected chi connectivity index (χ4v) is 3.07. The van der Waals surface area contributed by atoms with E-state index in [1.807, 2.05) is 6.92 Å². The number of alkyl halides is 3. The van der Waals surface area contributed by atoms with Gasteiger partial charge in [-0.05, 0) is 18.8 Å². The van der Waals surface area contributed by atoms with Crippen molar-refractivity contribution < 1.29 is 18.3 Å². The van der Waals surface area contributed by atoms with Gasteiger partial charge in [0.25, 0.3) is 0 Å². The van der Waals surface area contributed by atoms with Gasteiger partial charge in [-0.3, -0.25) is 4.99 Å². The number of aryl methyl sites for hydroxylation is 1. The summed E-state index contributed by atoms with van der Waals surface area (Å²) in [5, 5.41) is 16.4. The van der Waals surface area contributed by atoms with Crippen LogP contribution in [0.5, 0.6) is 0 Å². The normalized spacial score (nSPS) is 15.3. The third-order valence-electron chi connectivity index (χ3n) is 4.91. The van der Waals surface area contributed by atoms with Crippen LogP contribution in [0, 0.1) is 5.41 Å². The molecule has 1 atom stereocenters. The van der Waals surface area contributed by atoms with Gasteiger partial charge in [-0.2, -0.15) is 13.2 Å². The number of aliphatic hydroxyl groups is 1. The summed E-state index contributed by atoms with van der Waals surface area (Å²) in [6.45, 7) is 9.37. The smallest absolute Gasteiger partial charge is 0.374 e. The van der Waals surface area contributed by atoms with Gasteiger partial charge >= 0.3 is 6.18 Å². The SMILES string of the molecule is CCCCCC(C)(C)CN=C(NCC)NCCC(O)(c1nccn1C)C(F)(F)F. The third-order valence-corrected chi connectivity index (χ3v) is 4.91. The minimum Gasteiger partial charge on any atom is -0.374 e. The Hall–Kier alpha value is -1.77. The first-order valence-corrected chi connectivity index (χ1v) is 10.3. The van der Waals surface area contributed by atoms with Crippen LogP contribution < -0.4 is 10.6 Å². The Morgan fingerprint density at radius 2 is 1.86 bits per heavy atom. The van der Waals surface area contributed by atoms with E-state index >= 15 is 0 Å². The first-order valence-electron chi connectivity index (χ1n) is 10.3. The van der Waals surface area contributed by atoms with Crippen molar-refractivity contribution in [3.05, 3.63) is 18.2 Å². The molecule has 0 aliphatic rings. The lowest BCUT2D eigenvalue weighted by Crippen LogP contribution is -2.48. The van der Waals surface area contributed by atoms with Crippen molar-refractivity contribution in [1.82, 2.24) is 20.2 Å². The van der Waals surface area contributed by atoms with Crippen molar-refractivity contribution in [2.24, 2.45) is 17.5 Å². The quantitative estimate of drug-likeness (QED) is 0.290. The summed E-state index contributed by atoms with van der Waals surface area (Å²) in [5.74, 6) is 0.0197. The molecule has 0 saturated heterocycles. The van der Waals surface area contributed by atoms with Crippen molar-refractivity contribution in [2.45, 2.75) is 71.6 Å². The molecular formula is C20H36F3N5O. The average molecular weight is 420 g/mol. The molecule has 0 aliphatic heterocycles. The summed E-state index contributed by atoms with van der Waals surface area (Å²) in [4.78, 5) is 8.25. The van der Waals surface area contributed by atoms with Crippen LogP contribution in [0.25, 0.3) is 0 Å². The number of halogens is 3. The molecule has 3 N–H and O–H groups in total. The number of aliphatic imine (C=N–C) groups is 1. The van der Waals surface area contributed by atoms with Gasteiger partial charge in [0, 0.05) is 45.5 Å². The average Bonchev–Trinajstić information content (AvgIpc) is 3.05. The van der Waals surface area contributed by atoms with Gasteiger partial charge in [0.1, 0.15) is 5.82 Å². The molecule has 29 heavy (non-hydrogen) atoms. The van der Waals surface area contributed by atoms with Gasteiger partial charge < -0.3 is 20.3 Å². The van der Waals surface area contributed by atoms with Crippen molar-refractivity contribution in [3.8, 4) is 0 Å². The number of hydrogen-bond acceptors (Lipinski definition) is 3. The van der Waals surface area contributed by atoms with E-state index in [1.54, 1.807) is 0 Å². The van der Waals surface area contributed by atoms with E-state index in [0.29, 0.717) is 19.0 Å². The molecule has 0 saturated carbocycles. The number of guanidine groups is 1. The van der Waals surface area contributed by atoms with E-state index in [0.717, 1.165) is 19.3 Å². The summed E-state index contributed by atoms with van der Waals surface area (Å²) in [7, 11) is 1.43. The standard InChI is InChI=1S/C20H36F3N5O/c1-6-8-9-10-18(3,4)15-27-17(24-7-2)26-12-11-19(29,20(21,22)23)16-25-13-14-28(16)5/h13-14,29H,6-12,15H2,1-5H3,(H2,24,26,27). The maximum Gasteiger partial charge on any atom is 0.424 e. The fraction of sp³-hybridized carbons (Fsp3) is 0.800. The van der Waals surface area contributed by atoms with Crippen LogP contribution in [0.3, 0.4) is 0 Å². The molecule has 9 heteroatoms. The number of hydrogen-bond donors (Lipinski definition) is 3. The Balaban J connectivity index is 2.78. The van der Waals surface area contributed by atoms with Gasteiger partial charge in [-0.25, -0.2) is 4.98 Å². The zero-order valence-electron chi connectivity index (χ0n) is 18.2. The molecule has 1 aromatic heterocycles. The van der Waals surface area contributed by atoms with E-state index in [1.165, 1.54) is 30.4 Å². The summed E-state index contributed by atoms with van der Waals surface area (Å²) in [5.41, 5.74) is -3.02. The minimum atomic E-state index is -4.84. The van der Waals surface area contributed by atoms with Crippen molar-refractivity contribution in [3.63, 3.8) is 0 Å². The Morgan fingerprint density at radius 1 is 1.17 bits per heavy atom. The number of aromatic nitrogens is 2. The monoisotopic (exact) mass is 419 g/mol. The van der Waals surface area contributed by atoms with Gasteiger partial charge in [0.15, 0.2) is 5.96 Å². The lowest BCUT2D eigenvalue weighted by Gasteiger charge is -2.30. The van der Waals surface area contributed by atoms with Gasteiger partial charge in [0.05, 0.1) is 0 Å². The van der Waals surface area contributed by atoms with E-state index in [-0.39, 0.29) is 12.0 Å². The Labute approximate surface area is 172 Å². The summed E-state index contributed by atoms with van der Waals surface area (Å²) in [6, 6.07) is 0. The molecule has 1 rings (SSSR count). The summed E-state index contributed by atoms with van der Waals surface area (Å²) >= 11 is 0. The number of nitrogens with one attached hydrogen (secondary N) is 2. The molecule has 1 unspecified atom stereocenters.